The van der Waals surface area contributed by atoms with Crippen molar-refractivity contribution in [3.8, 4) is 0 Å². The maximum Gasteiger partial charge on any atom is 0.352 e. The van der Waals surface area contributed by atoms with E-state index >= 15 is 0 Å². The van der Waals surface area contributed by atoms with Crippen LogP contribution in [0.15, 0.2) is 52.1 Å². The van der Waals surface area contributed by atoms with Gasteiger partial charge in [0.15, 0.2) is 0 Å². The molecule has 8 nitrogen and oxygen atoms in total. The van der Waals surface area contributed by atoms with E-state index in [1.165, 1.54) is 31.8 Å². The molecule has 0 aliphatic carbocycles. The lowest BCUT2D eigenvalue weighted by molar-refractivity contribution is -0.121. The molecule has 2 heterocycles. The Hall–Kier alpha value is -3.46. The first-order valence-corrected chi connectivity index (χ1v) is 10.5. The fourth-order valence-corrected chi connectivity index (χ4v) is 3.74. The molecule has 0 atom stereocenters. The molecule has 0 unspecified atom stereocenters. The number of aromatic nitrogens is 4. The summed E-state index contributed by atoms with van der Waals surface area (Å²) in [4.78, 5) is 38.6. The van der Waals surface area contributed by atoms with Crippen molar-refractivity contribution in [2.45, 2.75) is 39.4 Å². The lowest BCUT2D eigenvalue weighted by atomic mass is 10.2. The molecule has 0 saturated carbocycles. The van der Waals surface area contributed by atoms with Crippen LogP contribution in [0.3, 0.4) is 0 Å². The molecule has 32 heavy (non-hydrogen) atoms. The number of carbonyl (C=O) groups is 1. The molecule has 0 spiro atoms. The van der Waals surface area contributed by atoms with E-state index in [9.17, 15) is 18.8 Å². The molecule has 1 amide bonds. The highest BCUT2D eigenvalue weighted by Gasteiger charge is 2.18. The minimum atomic E-state index is -0.461. The molecule has 0 fully saturated rings. The molecule has 1 N–H and O–H groups in total. The standard InChI is InChI=1S/C22H21ClFN5O3/c1-13(2)25-19(30)9-10-27-20(31)17-11-15(23)5-8-18(17)29-21(27)26-28(22(29)32)12-14-3-6-16(24)7-4-14/h3-8,11,13H,9-10,12H2,1-2H3,(H,25,30). The molecule has 0 aliphatic heterocycles. The Morgan fingerprint density at radius 1 is 1.16 bits per heavy atom. The van der Waals surface area contributed by atoms with Crippen LogP contribution in [0.5, 0.6) is 0 Å². The topological polar surface area (TPSA) is 90.4 Å². The molecule has 0 saturated heterocycles. The Kier molecular flexibility index (Phi) is 5.84. The highest BCUT2D eigenvalue weighted by atomic mass is 35.5. The highest BCUT2D eigenvalue weighted by Crippen LogP contribution is 2.17. The maximum absolute atomic E-state index is 13.2. The Balaban J connectivity index is 1.87. The Morgan fingerprint density at radius 2 is 1.88 bits per heavy atom. The number of nitrogens with zero attached hydrogens (tertiary/aromatic N) is 4. The van der Waals surface area contributed by atoms with Gasteiger partial charge in [-0.25, -0.2) is 18.3 Å². The number of halogens is 2. The first kappa shape index (κ1) is 21.8. The molecule has 166 valence electrons. The first-order valence-electron chi connectivity index (χ1n) is 10.1. The minimum absolute atomic E-state index is 0.0350. The Morgan fingerprint density at radius 3 is 2.56 bits per heavy atom. The van der Waals surface area contributed by atoms with E-state index < -0.39 is 11.2 Å². The van der Waals surface area contributed by atoms with Crippen molar-refractivity contribution in [2.75, 3.05) is 0 Å². The highest BCUT2D eigenvalue weighted by molar-refractivity contribution is 6.31. The number of hydrogen-bond acceptors (Lipinski definition) is 4. The molecule has 0 bridgehead atoms. The number of fused-ring (bicyclic) bond motifs is 3. The van der Waals surface area contributed by atoms with Crippen molar-refractivity contribution in [3.05, 3.63) is 79.7 Å². The van der Waals surface area contributed by atoms with Crippen LogP contribution in [0.1, 0.15) is 25.8 Å². The van der Waals surface area contributed by atoms with Gasteiger partial charge >= 0.3 is 5.69 Å². The third-order valence-electron chi connectivity index (χ3n) is 5.00. The van der Waals surface area contributed by atoms with Gasteiger partial charge in [0.25, 0.3) is 5.56 Å². The SMILES string of the molecule is CC(C)NC(=O)CCn1c(=O)c2cc(Cl)ccc2n2c(=O)n(Cc3ccc(F)cc3)nc12. The van der Waals surface area contributed by atoms with Crippen LogP contribution < -0.4 is 16.6 Å². The second-order valence-electron chi connectivity index (χ2n) is 7.79. The summed E-state index contributed by atoms with van der Waals surface area (Å²) < 4.78 is 17.1. The van der Waals surface area contributed by atoms with Gasteiger partial charge in [0.05, 0.1) is 17.4 Å². The van der Waals surface area contributed by atoms with Gasteiger partial charge in [-0.1, -0.05) is 23.7 Å². The molecule has 0 radical (unpaired) electrons. The summed E-state index contributed by atoms with van der Waals surface area (Å²) in [6.07, 6.45) is 0.0405. The van der Waals surface area contributed by atoms with Crippen LogP contribution in [-0.2, 0) is 17.9 Å². The monoisotopic (exact) mass is 457 g/mol. The zero-order valence-corrected chi connectivity index (χ0v) is 18.3. The first-order chi connectivity index (χ1) is 15.2. The second-order valence-corrected chi connectivity index (χ2v) is 8.23. The number of carbonyl (C=O) groups excluding carboxylic acids is 1. The summed E-state index contributed by atoms with van der Waals surface area (Å²) in [5, 5.41) is 7.75. The quantitative estimate of drug-likeness (QED) is 0.482. The molecule has 0 aliphatic rings. The zero-order chi connectivity index (χ0) is 23.0. The van der Waals surface area contributed by atoms with E-state index in [1.54, 1.807) is 24.3 Å². The number of amides is 1. The van der Waals surface area contributed by atoms with Crippen molar-refractivity contribution in [3.63, 3.8) is 0 Å². The third kappa shape index (κ3) is 4.16. The van der Waals surface area contributed by atoms with E-state index in [0.29, 0.717) is 16.1 Å². The molecule has 2 aromatic carbocycles. The van der Waals surface area contributed by atoms with Crippen molar-refractivity contribution in [1.82, 2.24) is 24.1 Å². The van der Waals surface area contributed by atoms with Crippen LogP contribution in [0.4, 0.5) is 4.39 Å². The third-order valence-corrected chi connectivity index (χ3v) is 5.23. The molecule has 2 aromatic heterocycles. The molecular formula is C22H21ClFN5O3. The molecule has 4 aromatic rings. The fourth-order valence-electron chi connectivity index (χ4n) is 3.57. The number of hydrogen-bond donors (Lipinski definition) is 1. The smallest absolute Gasteiger partial charge is 0.352 e. The van der Waals surface area contributed by atoms with Gasteiger partial charge in [-0.15, -0.1) is 5.10 Å². The van der Waals surface area contributed by atoms with E-state index in [0.717, 1.165) is 0 Å². The second kappa shape index (κ2) is 8.58. The molecule has 4 rings (SSSR count). The molecule has 10 heteroatoms. The van der Waals surface area contributed by atoms with Crippen molar-refractivity contribution in [2.24, 2.45) is 0 Å². The van der Waals surface area contributed by atoms with E-state index in [2.05, 4.69) is 10.4 Å². The average molecular weight is 458 g/mol. The van der Waals surface area contributed by atoms with Gasteiger partial charge in [0, 0.05) is 24.0 Å². The lowest BCUT2D eigenvalue weighted by Crippen LogP contribution is -2.32. The number of rotatable bonds is 6. The van der Waals surface area contributed by atoms with Crippen molar-refractivity contribution in [1.29, 1.82) is 0 Å². The average Bonchev–Trinajstić information content (AvgIpc) is 3.05. The Labute approximate surface area is 186 Å². The van der Waals surface area contributed by atoms with E-state index in [4.69, 9.17) is 11.6 Å². The fraction of sp³-hybridized carbons (Fsp3) is 0.273. The van der Waals surface area contributed by atoms with Gasteiger partial charge in [-0.2, -0.15) is 0 Å². The van der Waals surface area contributed by atoms with E-state index in [-0.39, 0.29) is 48.4 Å². The maximum atomic E-state index is 13.2. The van der Waals surface area contributed by atoms with Crippen molar-refractivity contribution < 1.29 is 9.18 Å². The summed E-state index contributed by atoms with van der Waals surface area (Å²) in [6.45, 7) is 3.82. The summed E-state index contributed by atoms with van der Waals surface area (Å²) in [5.41, 5.74) is 0.186. The number of benzene rings is 2. The summed E-state index contributed by atoms with van der Waals surface area (Å²) in [7, 11) is 0. The van der Waals surface area contributed by atoms with Crippen LogP contribution in [-0.4, -0.2) is 30.7 Å². The van der Waals surface area contributed by atoms with Crippen LogP contribution >= 0.6 is 11.6 Å². The summed E-state index contributed by atoms with van der Waals surface area (Å²) in [6, 6.07) is 10.4. The van der Waals surface area contributed by atoms with Gasteiger partial charge in [0.1, 0.15) is 5.82 Å². The summed E-state index contributed by atoms with van der Waals surface area (Å²) >= 11 is 6.09. The molecular weight excluding hydrogens is 437 g/mol. The lowest BCUT2D eigenvalue weighted by Gasteiger charge is -2.11. The number of aryl methyl sites for hydroxylation is 1. The normalized spacial score (nSPS) is 11.5. The predicted octanol–water partition coefficient (Wildman–Crippen LogP) is 2.57. The van der Waals surface area contributed by atoms with Gasteiger partial charge in [0.2, 0.25) is 11.7 Å². The van der Waals surface area contributed by atoms with Crippen LogP contribution in [0.25, 0.3) is 16.7 Å². The van der Waals surface area contributed by atoms with Gasteiger partial charge in [-0.3, -0.25) is 14.2 Å². The van der Waals surface area contributed by atoms with E-state index in [1.807, 2.05) is 13.8 Å². The number of nitrogens with one attached hydrogen (secondary N) is 1. The minimum Gasteiger partial charge on any atom is -0.354 e. The van der Waals surface area contributed by atoms with Crippen LogP contribution in [0, 0.1) is 5.82 Å². The van der Waals surface area contributed by atoms with Gasteiger partial charge in [-0.05, 0) is 49.7 Å². The Bertz CT molecular complexity index is 1440. The predicted molar refractivity (Wildman–Crippen MR) is 120 cm³/mol. The largest absolute Gasteiger partial charge is 0.354 e. The van der Waals surface area contributed by atoms with Gasteiger partial charge < -0.3 is 5.32 Å². The zero-order valence-electron chi connectivity index (χ0n) is 17.5. The van der Waals surface area contributed by atoms with Crippen molar-refractivity contribution >= 4 is 34.2 Å². The summed E-state index contributed by atoms with van der Waals surface area (Å²) in [5.74, 6) is -0.480. The van der Waals surface area contributed by atoms with Crippen LogP contribution in [0.2, 0.25) is 5.02 Å².